The molecule has 2 aliphatic heterocycles. The van der Waals surface area contributed by atoms with E-state index in [0.29, 0.717) is 6.04 Å². The average Bonchev–Trinajstić information content (AvgIpc) is 2.67. The van der Waals surface area contributed by atoms with Crippen molar-refractivity contribution in [1.82, 2.24) is 0 Å². The molecule has 2 aliphatic rings. The monoisotopic (exact) mass is 338 g/mol. The smallest absolute Gasteiger partial charge is 0.142 e. The van der Waals surface area contributed by atoms with Crippen molar-refractivity contribution < 1.29 is 4.74 Å². The van der Waals surface area contributed by atoms with E-state index in [-0.39, 0.29) is 0 Å². The lowest BCUT2D eigenvalue weighted by Gasteiger charge is -2.34. The molecule has 25 heavy (non-hydrogen) atoms. The summed E-state index contributed by atoms with van der Waals surface area (Å²) in [4.78, 5) is 4.83. The second kappa shape index (κ2) is 8.28. The van der Waals surface area contributed by atoms with Gasteiger partial charge in [0.2, 0.25) is 0 Å². The van der Waals surface area contributed by atoms with Crippen LogP contribution in [0.15, 0.2) is 48.5 Å². The van der Waals surface area contributed by atoms with E-state index >= 15 is 0 Å². The largest absolute Gasteiger partial charge is 0.490 e. The number of rotatable bonds is 2. The van der Waals surface area contributed by atoms with Gasteiger partial charge in [-0.15, -0.1) is 0 Å². The maximum atomic E-state index is 5.51. The van der Waals surface area contributed by atoms with Crippen LogP contribution in [0.1, 0.15) is 32.8 Å². The van der Waals surface area contributed by atoms with E-state index < -0.39 is 0 Å². The molecule has 0 atom stereocenters. The summed E-state index contributed by atoms with van der Waals surface area (Å²) in [7, 11) is 0. The van der Waals surface area contributed by atoms with Gasteiger partial charge in [0, 0.05) is 24.8 Å². The molecule has 0 unspecified atom stereocenters. The fourth-order valence-electron chi connectivity index (χ4n) is 3.65. The van der Waals surface area contributed by atoms with Gasteiger partial charge in [-0.05, 0) is 57.4 Å². The van der Waals surface area contributed by atoms with Crippen LogP contribution in [0, 0.1) is 0 Å². The van der Waals surface area contributed by atoms with Gasteiger partial charge in [0.1, 0.15) is 12.4 Å². The zero-order valence-corrected chi connectivity index (χ0v) is 15.7. The molecule has 4 rings (SSSR count). The quantitative estimate of drug-likeness (QED) is 0.786. The Labute approximate surface area is 152 Å². The third-order valence-electron chi connectivity index (χ3n) is 4.98. The first kappa shape index (κ1) is 17.7. The van der Waals surface area contributed by atoms with Crippen LogP contribution < -0.4 is 14.5 Å². The maximum absolute atomic E-state index is 5.51. The Morgan fingerprint density at radius 2 is 1.68 bits per heavy atom. The van der Waals surface area contributed by atoms with Crippen LogP contribution in [-0.4, -0.2) is 32.3 Å². The Bertz CT molecular complexity index is 683. The lowest BCUT2D eigenvalue weighted by atomic mass is 10.0. The number of aryl methyl sites for hydroxylation is 1. The normalized spacial score (nSPS) is 15.7. The van der Waals surface area contributed by atoms with Crippen LogP contribution in [0.2, 0.25) is 0 Å². The van der Waals surface area contributed by atoms with Crippen molar-refractivity contribution in [2.45, 2.75) is 39.7 Å². The molecule has 0 radical (unpaired) electrons. The molecule has 0 aliphatic carbocycles. The minimum atomic E-state index is 0.626. The topological polar surface area (TPSA) is 15.7 Å². The van der Waals surface area contributed by atoms with Gasteiger partial charge in [0.25, 0.3) is 0 Å². The molecule has 2 aromatic carbocycles. The molecule has 3 nitrogen and oxygen atoms in total. The second-order valence-electron chi connectivity index (χ2n) is 6.92. The highest BCUT2D eigenvalue weighted by molar-refractivity contribution is 5.59. The Morgan fingerprint density at radius 1 is 0.960 bits per heavy atom. The van der Waals surface area contributed by atoms with Crippen molar-refractivity contribution in [2.24, 2.45) is 0 Å². The number of para-hydroxylation sites is 3. The van der Waals surface area contributed by atoms with Crippen LogP contribution in [0.5, 0.6) is 5.75 Å². The lowest BCUT2D eigenvalue weighted by molar-refractivity contribution is 0.308. The molecule has 3 heteroatoms. The Hall–Kier alpha value is -2.16. The van der Waals surface area contributed by atoms with Gasteiger partial charge in [-0.25, -0.2) is 0 Å². The molecule has 0 bridgehead atoms. The molecule has 0 N–H and O–H groups in total. The molecule has 0 aromatic heterocycles. The van der Waals surface area contributed by atoms with Gasteiger partial charge in [-0.1, -0.05) is 30.3 Å². The maximum Gasteiger partial charge on any atom is 0.142 e. The molecular weight excluding hydrogens is 308 g/mol. The molecule has 2 aromatic rings. The third-order valence-corrected chi connectivity index (χ3v) is 4.98. The lowest BCUT2D eigenvalue weighted by Crippen LogP contribution is -2.35. The van der Waals surface area contributed by atoms with Gasteiger partial charge < -0.3 is 14.5 Å². The van der Waals surface area contributed by atoms with Crippen LogP contribution in [0.25, 0.3) is 0 Å². The van der Waals surface area contributed by atoms with Gasteiger partial charge in [0.15, 0.2) is 0 Å². The van der Waals surface area contributed by atoms with E-state index in [2.05, 4.69) is 67.0 Å². The van der Waals surface area contributed by atoms with E-state index in [1.54, 1.807) is 0 Å². The number of anilines is 2. The number of fused-ring (bicyclic) bond motifs is 2. The van der Waals surface area contributed by atoms with Crippen LogP contribution in [0.4, 0.5) is 11.4 Å². The average molecular weight is 338 g/mol. The van der Waals surface area contributed by atoms with Crippen molar-refractivity contribution >= 4 is 11.4 Å². The number of hydrogen-bond donors (Lipinski definition) is 0. The van der Waals surface area contributed by atoms with Crippen LogP contribution >= 0.6 is 0 Å². The van der Waals surface area contributed by atoms with Crippen molar-refractivity contribution in [2.75, 3.05) is 36.0 Å². The van der Waals surface area contributed by atoms with Crippen molar-refractivity contribution in [3.05, 3.63) is 54.1 Å². The SMILES string of the molecule is CC(C)N1CCCc2ccccc21.CCN1CCOc2ccccc21. The highest BCUT2D eigenvalue weighted by atomic mass is 16.5. The van der Waals surface area contributed by atoms with Gasteiger partial charge in [-0.2, -0.15) is 0 Å². The summed E-state index contributed by atoms with van der Waals surface area (Å²) in [6.45, 7) is 10.8. The molecule has 0 saturated carbocycles. The Kier molecular flexibility index (Phi) is 5.85. The van der Waals surface area contributed by atoms with Crippen molar-refractivity contribution in [3.63, 3.8) is 0 Å². The molecule has 0 fully saturated rings. The summed E-state index contributed by atoms with van der Waals surface area (Å²) in [5.74, 6) is 1.02. The summed E-state index contributed by atoms with van der Waals surface area (Å²) in [5.41, 5.74) is 4.19. The zero-order chi connectivity index (χ0) is 17.6. The first-order chi connectivity index (χ1) is 12.2. The van der Waals surface area contributed by atoms with E-state index in [0.717, 1.165) is 25.4 Å². The first-order valence-electron chi connectivity index (χ1n) is 9.52. The number of benzene rings is 2. The van der Waals surface area contributed by atoms with E-state index in [9.17, 15) is 0 Å². The number of ether oxygens (including phenoxy) is 1. The van der Waals surface area contributed by atoms with E-state index in [1.165, 1.54) is 36.3 Å². The second-order valence-corrected chi connectivity index (χ2v) is 6.92. The molecule has 134 valence electrons. The predicted octanol–water partition coefficient (Wildman–Crippen LogP) is 4.75. The van der Waals surface area contributed by atoms with Gasteiger partial charge in [0.05, 0.1) is 12.2 Å². The third kappa shape index (κ3) is 4.09. The van der Waals surface area contributed by atoms with E-state index in [1.807, 2.05) is 12.1 Å². The fraction of sp³-hybridized carbons (Fsp3) is 0.455. The Morgan fingerprint density at radius 3 is 2.44 bits per heavy atom. The van der Waals surface area contributed by atoms with Crippen LogP contribution in [-0.2, 0) is 6.42 Å². The van der Waals surface area contributed by atoms with Crippen molar-refractivity contribution in [3.8, 4) is 5.75 Å². The van der Waals surface area contributed by atoms with Crippen molar-refractivity contribution in [1.29, 1.82) is 0 Å². The molecular formula is C22H30N2O. The molecule has 0 spiro atoms. The van der Waals surface area contributed by atoms with E-state index in [4.69, 9.17) is 4.74 Å². The zero-order valence-electron chi connectivity index (χ0n) is 15.7. The fourth-order valence-corrected chi connectivity index (χ4v) is 3.65. The molecule has 2 heterocycles. The first-order valence-corrected chi connectivity index (χ1v) is 9.52. The summed E-state index contributed by atoms with van der Waals surface area (Å²) in [5, 5.41) is 0. The summed E-state index contributed by atoms with van der Waals surface area (Å²) < 4.78 is 5.51. The standard InChI is InChI=1S/C12H17N.C10H13NO/c1-10(2)13-9-5-7-11-6-3-4-8-12(11)13;1-2-11-7-8-12-10-6-4-3-5-9(10)11/h3-4,6,8,10H,5,7,9H2,1-2H3;3-6H,2,7-8H2,1H3. The number of likely N-dealkylation sites (N-methyl/N-ethyl adjacent to an activating group) is 1. The molecule has 0 amide bonds. The highest BCUT2D eigenvalue weighted by Crippen LogP contribution is 2.30. The van der Waals surface area contributed by atoms with Crippen LogP contribution in [0.3, 0.4) is 0 Å². The van der Waals surface area contributed by atoms with Gasteiger partial charge in [-0.3, -0.25) is 0 Å². The number of hydrogen-bond acceptors (Lipinski definition) is 3. The summed E-state index contributed by atoms with van der Waals surface area (Å²) >= 11 is 0. The summed E-state index contributed by atoms with van der Waals surface area (Å²) in [6.07, 6.45) is 2.55. The summed E-state index contributed by atoms with van der Waals surface area (Å²) in [6, 6.07) is 17.6. The number of nitrogens with zero attached hydrogens (tertiary/aromatic N) is 2. The Balaban J connectivity index is 0.000000146. The minimum Gasteiger partial charge on any atom is -0.490 e. The highest BCUT2D eigenvalue weighted by Gasteiger charge is 2.17. The van der Waals surface area contributed by atoms with Gasteiger partial charge >= 0.3 is 0 Å². The molecule has 0 saturated heterocycles. The minimum absolute atomic E-state index is 0.626. The predicted molar refractivity (Wildman–Crippen MR) is 107 cm³/mol.